The number of methoxy groups -OCH3 is 2. The fraction of sp³-hybridized carbons (Fsp3) is 0.727. The summed E-state index contributed by atoms with van der Waals surface area (Å²) in [5.41, 5.74) is 0. The van der Waals surface area contributed by atoms with E-state index in [1.165, 1.54) is 19.1 Å². The Morgan fingerprint density at radius 1 is 1.06 bits per heavy atom. The van der Waals surface area contributed by atoms with E-state index in [0.717, 1.165) is 0 Å². The van der Waals surface area contributed by atoms with Crippen molar-refractivity contribution < 1.29 is 23.9 Å². The van der Waals surface area contributed by atoms with Gasteiger partial charge in [0.05, 0.1) is 20.6 Å². The molecule has 0 saturated heterocycles. The maximum atomic E-state index is 11.7. The van der Waals surface area contributed by atoms with E-state index < -0.39 is 5.97 Å². The van der Waals surface area contributed by atoms with Gasteiger partial charge < -0.3 is 14.4 Å². The van der Waals surface area contributed by atoms with Gasteiger partial charge in [0, 0.05) is 12.6 Å². The molecule has 0 saturated carbocycles. The quantitative estimate of drug-likeness (QED) is 0.498. The molecule has 0 aromatic carbocycles. The summed E-state index contributed by atoms with van der Waals surface area (Å²) in [5, 5.41) is 0. The number of esters is 2. The molecule has 98 valence electrons. The molecule has 0 spiro atoms. The maximum absolute atomic E-state index is 11.7. The molecule has 0 fully saturated rings. The van der Waals surface area contributed by atoms with E-state index in [-0.39, 0.29) is 37.3 Å². The van der Waals surface area contributed by atoms with Gasteiger partial charge >= 0.3 is 11.9 Å². The first kappa shape index (κ1) is 15.4. The molecule has 0 aliphatic carbocycles. The minimum Gasteiger partial charge on any atom is -0.469 e. The predicted octanol–water partition coefficient (Wildman–Crippen LogP) is 0.350. The standard InChI is InChI=1S/C11H19NO5/c1-8(2)12(6-5-10(14)16-3)9(13)7-11(15)17-4/h8H,5-7H2,1-4H3. The highest BCUT2D eigenvalue weighted by Crippen LogP contribution is 2.04. The van der Waals surface area contributed by atoms with Crippen LogP contribution in [0.15, 0.2) is 0 Å². The van der Waals surface area contributed by atoms with Crippen LogP contribution in [-0.2, 0) is 23.9 Å². The Labute approximate surface area is 101 Å². The third kappa shape index (κ3) is 5.89. The highest BCUT2D eigenvalue weighted by atomic mass is 16.5. The van der Waals surface area contributed by atoms with Crippen LogP contribution in [0.5, 0.6) is 0 Å². The number of carbonyl (C=O) groups is 3. The second-order valence-corrected chi connectivity index (χ2v) is 3.76. The van der Waals surface area contributed by atoms with Gasteiger partial charge in [-0.05, 0) is 13.8 Å². The summed E-state index contributed by atoms with van der Waals surface area (Å²) in [6.07, 6.45) is -0.197. The van der Waals surface area contributed by atoms with Gasteiger partial charge in [0.15, 0.2) is 0 Å². The van der Waals surface area contributed by atoms with Gasteiger partial charge in [0.25, 0.3) is 0 Å². The molecule has 0 unspecified atom stereocenters. The van der Waals surface area contributed by atoms with Crippen LogP contribution < -0.4 is 0 Å². The number of nitrogens with zero attached hydrogens (tertiary/aromatic N) is 1. The minimum absolute atomic E-state index is 0.0863. The number of carbonyl (C=O) groups excluding carboxylic acids is 3. The van der Waals surface area contributed by atoms with Gasteiger partial charge in [-0.1, -0.05) is 0 Å². The monoisotopic (exact) mass is 245 g/mol. The van der Waals surface area contributed by atoms with Crippen molar-refractivity contribution in [2.45, 2.75) is 32.7 Å². The van der Waals surface area contributed by atoms with Crippen molar-refractivity contribution in [1.29, 1.82) is 0 Å². The Morgan fingerprint density at radius 3 is 2.00 bits per heavy atom. The predicted molar refractivity (Wildman–Crippen MR) is 60.1 cm³/mol. The van der Waals surface area contributed by atoms with Crippen LogP contribution in [0.25, 0.3) is 0 Å². The topological polar surface area (TPSA) is 72.9 Å². The first-order valence-corrected chi connectivity index (χ1v) is 5.35. The van der Waals surface area contributed by atoms with Crippen molar-refractivity contribution in [1.82, 2.24) is 4.90 Å². The normalized spacial score (nSPS) is 9.94. The summed E-state index contributed by atoms with van der Waals surface area (Å²) >= 11 is 0. The van der Waals surface area contributed by atoms with Crippen molar-refractivity contribution >= 4 is 17.8 Å². The van der Waals surface area contributed by atoms with Crippen molar-refractivity contribution in [3.63, 3.8) is 0 Å². The zero-order valence-corrected chi connectivity index (χ0v) is 10.7. The van der Waals surface area contributed by atoms with E-state index in [1.54, 1.807) is 0 Å². The van der Waals surface area contributed by atoms with Gasteiger partial charge in [-0.15, -0.1) is 0 Å². The van der Waals surface area contributed by atoms with Gasteiger partial charge in [-0.3, -0.25) is 14.4 Å². The Hall–Kier alpha value is -1.59. The largest absolute Gasteiger partial charge is 0.469 e. The third-order valence-electron chi connectivity index (χ3n) is 2.25. The van der Waals surface area contributed by atoms with Crippen LogP contribution in [0, 0.1) is 0 Å². The molecule has 0 aromatic rings. The summed E-state index contributed by atoms with van der Waals surface area (Å²) in [7, 11) is 2.52. The molecule has 0 aromatic heterocycles. The fourth-order valence-electron chi connectivity index (χ4n) is 1.28. The molecule has 0 bridgehead atoms. The number of hydrogen-bond acceptors (Lipinski definition) is 5. The third-order valence-corrected chi connectivity index (χ3v) is 2.25. The highest BCUT2D eigenvalue weighted by Gasteiger charge is 2.20. The first-order valence-electron chi connectivity index (χ1n) is 5.35. The molecule has 17 heavy (non-hydrogen) atoms. The van der Waals surface area contributed by atoms with E-state index in [2.05, 4.69) is 9.47 Å². The zero-order valence-electron chi connectivity index (χ0n) is 10.7. The Morgan fingerprint density at radius 2 is 1.59 bits per heavy atom. The van der Waals surface area contributed by atoms with Crippen LogP contribution in [0.2, 0.25) is 0 Å². The van der Waals surface area contributed by atoms with Crippen molar-refractivity contribution in [2.24, 2.45) is 0 Å². The van der Waals surface area contributed by atoms with Crippen LogP contribution in [0.4, 0.5) is 0 Å². The zero-order chi connectivity index (χ0) is 13.4. The first-order chi connectivity index (χ1) is 7.92. The van der Waals surface area contributed by atoms with E-state index in [0.29, 0.717) is 0 Å². The van der Waals surface area contributed by atoms with E-state index in [9.17, 15) is 14.4 Å². The smallest absolute Gasteiger partial charge is 0.315 e. The number of ether oxygens (including phenoxy) is 2. The number of hydrogen-bond donors (Lipinski definition) is 0. The molecule has 0 radical (unpaired) electrons. The molecular weight excluding hydrogens is 226 g/mol. The lowest BCUT2D eigenvalue weighted by atomic mass is 10.2. The van der Waals surface area contributed by atoms with Crippen LogP contribution in [-0.4, -0.2) is 49.6 Å². The van der Waals surface area contributed by atoms with Crippen molar-refractivity contribution in [2.75, 3.05) is 20.8 Å². The van der Waals surface area contributed by atoms with E-state index in [4.69, 9.17) is 0 Å². The van der Waals surface area contributed by atoms with E-state index in [1.807, 2.05) is 13.8 Å². The number of amides is 1. The van der Waals surface area contributed by atoms with E-state index >= 15 is 0 Å². The lowest BCUT2D eigenvalue weighted by molar-refractivity contribution is -0.147. The summed E-state index contributed by atoms with van der Waals surface area (Å²) < 4.78 is 8.91. The lowest BCUT2D eigenvalue weighted by Crippen LogP contribution is -2.39. The van der Waals surface area contributed by atoms with Gasteiger partial charge in [0.2, 0.25) is 5.91 Å². The summed E-state index contributed by atoms with van der Waals surface area (Å²) in [5.74, 6) is -1.32. The second-order valence-electron chi connectivity index (χ2n) is 3.76. The summed E-state index contributed by atoms with van der Waals surface area (Å²) in [6.45, 7) is 3.86. The molecule has 0 aliphatic rings. The highest BCUT2D eigenvalue weighted by molar-refractivity contribution is 5.94. The van der Waals surface area contributed by atoms with Crippen molar-refractivity contribution in [3.8, 4) is 0 Å². The molecule has 6 heteroatoms. The summed E-state index contributed by atoms with van der Waals surface area (Å²) in [6, 6.07) is -0.0863. The molecule has 0 rings (SSSR count). The fourth-order valence-corrected chi connectivity index (χ4v) is 1.28. The second kappa shape index (κ2) is 7.65. The van der Waals surface area contributed by atoms with Crippen LogP contribution in [0.1, 0.15) is 26.7 Å². The van der Waals surface area contributed by atoms with Gasteiger partial charge in [0.1, 0.15) is 6.42 Å². The minimum atomic E-state index is -0.585. The van der Waals surface area contributed by atoms with Gasteiger partial charge in [-0.25, -0.2) is 0 Å². The molecule has 0 heterocycles. The van der Waals surface area contributed by atoms with Crippen molar-refractivity contribution in [3.05, 3.63) is 0 Å². The Balaban J connectivity index is 4.36. The van der Waals surface area contributed by atoms with Crippen LogP contribution >= 0.6 is 0 Å². The molecule has 1 amide bonds. The maximum Gasteiger partial charge on any atom is 0.315 e. The molecule has 6 nitrogen and oxygen atoms in total. The van der Waals surface area contributed by atoms with Gasteiger partial charge in [-0.2, -0.15) is 0 Å². The average molecular weight is 245 g/mol. The molecular formula is C11H19NO5. The molecule has 0 atom stereocenters. The SMILES string of the molecule is COC(=O)CCN(C(=O)CC(=O)OC)C(C)C. The summed E-state index contributed by atoms with van der Waals surface area (Å²) in [4.78, 5) is 35.2. The lowest BCUT2D eigenvalue weighted by Gasteiger charge is -2.25. The van der Waals surface area contributed by atoms with Crippen LogP contribution in [0.3, 0.4) is 0 Å². The Kier molecular flexibility index (Phi) is 6.93. The average Bonchev–Trinajstić information content (AvgIpc) is 2.28. The molecule has 0 aliphatic heterocycles. The Bertz CT molecular complexity index is 288. The molecule has 0 N–H and O–H groups in total. The number of rotatable bonds is 6.